The summed E-state index contributed by atoms with van der Waals surface area (Å²) in [5.74, 6) is 0.289. The highest BCUT2D eigenvalue weighted by molar-refractivity contribution is 5.78. The number of hydrogen-bond acceptors (Lipinski definition) is 4. The minimum absolute atomic E-state index is 0.0593. The highest BCUT2D eigenvalue weighted by Crippen LogP contribution is 2.22. The third kappa shape index (κ3) is 8.29. The molecule has 3 N–H and O–H groups in total. The molecule has 0 aliphatic heterocycles. The highest BCUT2D eigenvalue weighted by Gasteiger charge is 2.30. The van der Waals surface area contributed by atoms with E-state index in [9.17, 15) is 18.0 Å². The number of nitrogens with two attached hydrogens (primary N) is 1. The van der Waals surface area contributed by atoms with E-state index in [0.717, 1.165) is 5.56 Å². The molecule has 30 heavy (non-hydrogen) atoms. The zero-order valence-corrected chi connectivity index (χ0v) is 16.6. The van der Waals surface area contributed by atoms with Gasteiger partial charge >= 0.3 is 6.36 Å². The van der Waals surface area contributed by atoms with E-state index in [4.69, 9.17) is 10.5 Å². The van der Waals surface area contributed by atoms with E-state index in [1.54, 1.807) is 32.3 Å². The second kappa shape index (κ2) is 10.4. The number of amides is 1. The van der Waals surface area contributed by atoms with Crippen molar-refractivity contribution in [1.82, 2.24) is 10.2 Å². The van der Waals surface area contributed by atoms with Crippen LogP contribution in [0, 0.1) is 0 Å². The molecule has 0 spiro atoms. The Hall–Kier alpha value is -3.43. The Morgan fingerprint density at radius 2 is 1.80 bits per heavy atom. The van der Waals surface area contributed by atoms with Gasteiger partial charge in [0.25, 0.3) is 5.91 Å². The fraction of sp³-hybridized carbons (Fsp3) is 0.300. The summed E-state index contributed by atoms with van der Waals surface area (Å²) in [6.45, 7) is 0.518. The molecule has 0 aliphatic carbocycles. The summed E-state index contributed by atoms with van der Waals surface area (Å²) >= 11 is 0. The molecule has 0 saturated carbocycles. The van der Waals surface area contributed by atoms with E-state index < -0.39 is 6.36 Å². The van der Waals surface area contributed by atoms with Gasteiger partial charge in [-0.1, -0.05) is 24.3 Å². The number of carbonyl (C=O) groups excluding carboxylic acids is 1. The average molecular weight is 424 g/mol. The first-order valence-corrected chi connectivity index (χ1v) is 8.93. The number of hydrogen-bond donors (Lipinski definition) is 2. The molecule has 0 unspecified atom stereocenters. The van der Waals surface area contributed by atoms with Crippen LogP contribution in [0.3, 0.4) is 0 Å². The van der Waals surface area contributed by atoms with Gasteiger partial charge in [0.05, 0.1) is 6.54 Å². The molecular weight excluding hydrogens is 401 g/mol. The van der Waals surface area contributed by atoms with Crippen molar-refractivity contribution in [2.75, 3.05) is 20.7 Å². The molecule has 1 amide bonds. The lowest BCUT2D eigenvalue weighted by Gasteiger charge is -2.12. The molecule has 10 heteroatoms. The third-order valence-corrected chi connectivity index (χ3v) is 3.82. The summed E-state index contributed by atoms with van der Waals surface area (Å²) in [6.07, 6.45) is -4.72. The van der Waals surface area contributed by atoms with Crippen molar-refractivity contribution >= 4 is 11.9 Å². The normalized spacial score (nSPS) is 11.7. The van der Waals surface area contributed by atoms with Gasteiger partial charge in [0, 0.05) is 20.6 Å². The largest absolute Gasteiger partial charge is 0.573 e. The summed E-state index contributed by atoms with van der Waals surface area (Å²) in [6, 6.07) is 12.6. The number of carbonyl (C=O) groups is 1. The SMILES string of the molecule is CN(C)C(=O)COc1cccc(CN=C(N)NCc2ccc(OC(F)(F)F)cc2)c1. The maximum absolute atomic E-state index is 12.2. The molecule has 0 bridgehead atoms. The third-order valence-electron chi connectivity index (χ3n) is 3.82. The van der Waals surface area contributed by atoms with Crippen molar-refractivity contribution in [1.29, 1.82) is 0 Å². The summed E-state index contributed by atoms with van der Waals surface area (Å²) in [5.41, 5.74) is 7.38. The molecule has 2 aromatic carbocycles. The van der Waals surface area contributed by atoms with Gasteiger partial charge in [-0.25, -0.2) is 4.99 Å². The van der Waals surface area contributed by atoms with E-state index in [1.165, 1.54) is 29.2 Å². The van der Waals surface area contributed by atoms with E-state index in [1.807, 2.05) is 6.07 Å². The Balaban J connectivity index is 1.84. The Labute approximate surface area is 172 Å². The van der Waals surface area contributed by atoms with Crippen LogP contribution in [0.2, 0.25) is 0 Å². The average Bonchev–Trinajstić information content (AvgIpc) is 2.69. The van der Waals surface area contributed by atoms with Crippen molar-refractivity contribution in [3.8, 4) is 11.5 Å². The lowest BCUT2D eigenvalue weighted by molar-refractivity contribution is -0.274. The maximum Gasteiger partial charge on any atom is 0.573 e. The summed E-state index contributed by atoms with van der Waals surface area (Å²) in [5, 5.41) is 2.89. The molecule has 2 aromatic rings. The van der Waals surface area contributed by atoms with Crippen LogP contribution in [0.15, 0.2) is 53.5 Å². The molecule has 0 atom stereocenters. The molecule has 2 rings (SSSR count). The van der Waals surface area contributed by atoms with Crippen LogP contribution in [0.4, 0.5) is 13.2 Å². The zero-order valence-electron chi connectivity index (χ0n) is 16.6. The smallest absolute Gasteiger partial charge is 0.484 e. The van der Waals surface area contributed by atoms with Gasteiger partial charge in [-0.2, -0.15) is 0 Å². The molecule has 0 saturated heterocycles. The number of likely N-dealkylation sites (N-methyl/N-ethyl adjacent to an activating group) is 1. The monoisotopic (exact) mass is 424 g/mol. The molecular formula is C20H23F3N4O3. The van der Waals surface area contributed by atoms with Crippen molar-refractivity contribution in [3.05, 3.63) is 59.7 Å². The number of alkyl halides is 3. The maximum atomic E-state index is 12.2. The topological polar surface area (TPSA) is 89.2 Å². The predicted molar refractivity (Wildman–Crippen MR) is 106 cm³/mol. The fourth-order valence-corrected chi connectivity index (χ4v) is 2.24. The fourth-order valence-electron chi connectivity index (χ4n) is 2.24. The molecule has 162 valence electrons. The Morgan fingerprint density at radius 1 is 1.10 bits per heavy atom. The molecule has 0 radical (unpaired) electrons. The number of ether oxygens (including phenoxy) is 2. The minimum atomic E-state index is -4.72. The standard InChI is InChI=1S/C20H23F3N4O3/c1-27(2)18(28)13-29-17-5-3-4-15(10-17)12-26-19(24)25-11-14-6-8-16(9-7-14)30-20(21,22)23/h3-10H,11-13H2,1-2H3,(H3,24,25,26). The van der Waals surface area contributed by atoms with Gasteiger partial charge < -0.3 is 25.4 Å². The molecule has 7 nitrogen and oxygen atoms in total. The van der Waals surface area contributed by atoms with Crippen molar-refractivity contribution < 1.29 is 27.4 Å². The van der Waals surface area contributed by atoms with Crippen LogP contribution in [0.25, 0.3) is 0 Å². The summed E-state index contributed by atoms with van der Waals surface area (Å²) < 4.78 is 45.8. The quantitative estimate of drug-likeness (QED) is 0.502. The van der Waals surface area contributed by atoms with Crippen molar-refractivity contribution in [2.45, 2.75) is 19.5 Å². The van der Waals surface area contributed by atoms with Crippen LogP contribution >= 0.6 is 0 Å². The number of rotatable bonds is 8. The first kappa shape index (κ1) is 22.9. The van der Waals surface area contributed by atoms with Crippen LogP contribution in [-0.4, -0.2) is 43.8 Å². The van der Waals surface area contributed by atoms with Gasteiger partial charge in [-0.3, -0.25) is 4.79 Å². The minimum Gasteiger partial charge on any atom is -0.484 e. The zero-order chi connectivity index (χ0) is 22.1. The van der Waals surface area contributed by atoms with Gasteiger partial charge in [-0.05, 0) is 35.4 Å². The van der Waals surface area contributed by atoms with Gasteiger partial charge in [-0.15, -0.1) is 13.2 Å². The number of guanidine groups is 1. The Morgan fingerprint density at radius 3 is 2.43 bits per heavy atom. The number of halogens is 3. The second-order valence-corrected chi connectivity index (χ2v) is 6.47. The summed E-state index contributed by atoms with van der Waals surface area (Å²) in [7, 11) is 3.30. The number of nitrogens with one attached hydrogen (secondary N) is 1. The van der Waals surface area contributed by atoms with Gasteiger partial charge in [0.15, 0.2) is 12.6 Å². The van der Waals surface area contributed by atoms with Crippen molar-refractivity contribution in [2.24, 2.45) is 10.7 Å². The van der Waals surface area contributed by atoms with E-state index >= 15 is 0 Å². The van der Waals surface area contributed by atoms with E-state index in [2.05, 4.69) is 15.0 Å². The van der Waals surface area contributed by atoms with E-state index in [0.29, 0.717) is 11.3 Å². The first-order valence-electron chi connectivity index (χ1n) is 8.93. The van der Waals surface area contributed by atoms with Crippen LogP contribution < -0.4 is 20.5 Å². The van der Waals surface area contributed by atoms with Gasteiger partial charge in [0.1, 0.15) is 11.5 Å². The molecule has 0 aliphatic rings. The molecule has 0 heterocycles. The van der Waals surface area contributed by atoms with Crippen molar-refractivity contribution in [3.63, 3.8) is 0 Å². The molecule has 0 aromatic heterocycles. The summed E-state index contributed by atoms with van der Waals surface area (Å²) in [4.78, 5) is 17.2. The van der Waals surface area contributed by atoms with E-state index in [-0.39, 0.29) is 37.3 Å². The number of aliphatic imine (C=N–C) groups is 1. The first-order chi connectivity index (χ1) is 14.1. The predicted octanol–water partition coefficient (Wildman–Crippen LogP) is 2.66. The molecule has 0 fully saturated rings. The lowest BCUT2D eigenvalue weighted by Crippen LogP contribution is -2.31. The number of benzene rings is 2. The lowest BCUT2D eigenvalue weighted by atomic mass is 10.2. The van der Waals surface area contributed by atoms with Crippen LogP contribution in [-0.2, 0) is 17.9 Å². The highest BCUT2D eigenvalue weighted by atomic mass is 19.4. The number of nitrogens with zero attached hydrogens (tertiary/aromatic N) is 2. The van der Waals surface area contributed by atoms with Crippen LogP contribution in [0.1, 0.15) is 11.1 Å². The van der Waals surface area contributed by atoms with Gasteiger partial charge in [0.2, 0.25) is 0 Å². The second-order valence-electron chi connectivity index (χ2n) is 6.47. The Bertz CT molecular complexity index is 868. The Kier molecular flexibility index (Phi) is 7.90. The van der Waals surface area contributed by atoms with Crippen LogP contribution in [0.5, 0.6) is 11.5 Å².